The highest BCUT2D eigenvalue weighted by molar-refractivity contribution is 9.10. The topological polar surface area (TPSA) is 84.3 Å². The zero-order chi connectivity index (χ0) is 23.9. The van der Waals surface area contributed by atoms with Crippen LogP contribution in [0.1, 0.15) is 41.4 Å². The van der Waals surface area contributed by atoms with Crippen molar-refractivity contribution in [3.05, 3.63) is 55.4 Å². The molecule has 1 atom stereocenters. The van der Waals surface area contributed by atoms with Crippen molar-refractivity contribution in [2.24, 2.45) is 0 Å². The Hall–Kier alpha value is -2.66. The van der Waals surface area contributed by atoms with Gasteiger partial charge in [-0.2, -0.15) is 0 Å². The number of anilines is 1. The minimum atomic E-state index is -0.931. The first kappa shape index (κ1) is 23.5. The highest BCUT2D eigenvalue weighted by atomic mass is 79.9. The number of carbonyl (C=O) groups excluding carboxylic acids is 2. The van der Waals surface area contributed by atoms with Crippen LogP contribution in [-0.2, 0) is 11.3 Å². The van der Waals surface area contributed by atoms with Crippen molar-refractivity contribution in [1.82, 2.24) is 14.5 Å². The van der Waals surface area contributed by atoms with Gasteiger partial charge in [-0.1, -0.05) is 0 Å². The Bertz CT molecular complexity index is 1300. The maximum atomic E-state index is 14.1. The maximum Gasteiger partial charge on any atom is 0.266 e. The van der Waals surface area contributed by atoms with Crippen LogP contribution in [0.25, 0.3) is 10.2 Å². The molecule has 33 heavy (non-hydrogen) atoms. The van der Waals surface area contributed by atoms with Crippen molar-refractivity contribution in [3.63, 3.8) is 0 Å². The molecule has 0 aliphatic carbocycles. The van der Waals surface area contributed by atoms with Crippen LogP contribution in [0.4, 0.5) is 14.5 Å². The molecule has 0 radical (unpaired) electrons. The van der Waals surface area contributed by atoms with E-state index >= 15 is 0 Å². The van der Waals surface area contributed by atoms with E-state index in [0.717, 1.165) is 36.7 Å². The number of likely N-dealkylation sites (tertiary alicyclic amines) is 1. The standard InChI is InChI=1S/C22H21BrF2N4O3S/c1-11-5-3-4-6-29(11)16(30)9-28-10-26-21-17(22(28)32)12(2)19(33-21)20(31)27-18-14(23)7-13(24)8-15(18)25/h7-8,10-11H,3-6,9H2,1-2H3,(H,27,31)/t11-/m0/s1. The molecule has 1 aliphatic rings. The number of thiophene rings is 1. The number of hydrogen-bond donors (Lipinski definition) is 1. The molecule has 0 bridgehead atoms. The van der Waals surface area contributed by atoms with Crippen LogP contribution >= 0.6 is 27.3 Å². The molecule has 0 spiro atoms. The quantitative estimate of drug-likeness (QED) is 0.531. The summed E-state index contributed by atoms with van der Waals surface area (Å²) in [5, 5.41) is 2.66. The smallest absolute Gasteiger partial charge is 0.266 e. The minimum Gasteiger partial charge on any atom is -0.338 e. The normalized spacial score (nSPS) is 16.3. The van der Waals surface area contributed by atoms with Gasteiger partial charge < -0.3 is 10.2 Å². The molecular formula is C22H21BrF2N4O3S. The Kier molecular flexibility index (Phi) is 6.62. The van der Waals surface area contributed by atoms with E-state index in [2.05, 4.69) is 26.2 Å². The van der Waals surface area contributed by atoms with Gasteiger partial charge in [0.2, 0.25) is 5.91 Å². The lowest BCUT2D eigenvalue weighted by atomic mass is 10.0. The summed E-state index contributed by atoms with van der Waals surface area (Å²) in [5.74, 6) is -2.51. The molecule has 3 heterocycles. The number of rotatable bonds is 4. The molecule has 1 N–H and O–H groups in total. The number of amides is 2. The number of aryl methyl sites for hydroxylation is 1. The summed E-state index contributed by atoms with van der Waals surface area (Å²) in [4.78, 5) is 45.3. The van der Waals surface area contributed by atoms with E-state index in [1.54, 1.807) is 11.8 Å². The molecule has 7 nitrogen and oxygen atoms in total. The van der Waals surface area contributed by atoms with Crippen molar-refractivity contribution in [2.75, 3.05) is 11.9 Å². The van der Waals surface area contributed by atoms with Gasteiger partial charge in [-0.25, -0.2) is 13.8 Å². The predicted molar refractivity (Wildman–Crippen MR) is 126 cm³/mol. The van der Waals surface area contributed by atoms with Crippen LogP contribution in [0.2, 0.25) is 0 Å². The number of halogens is 3. The number of carbonyl (C=O) groups is 2. The van der Waals surface area contributed by atoms with E-state index in [1.807, 2.05) is 6.92 Å². The molecule has 2 amide bonds. The Morgan fingerprint density at radius 2 is 2.06 bits per heavy atom. The van der Waals surface area contributed by atoms with Crippen molar-refractivity contribution in [3.8, 4) is 0 Å². The number of aromatic nitrogens is 2. The fourth-order valence-electron chi connectivity index (χ4n) is 4.03. The van der Waals surface area contributed by atoms with E-state index in [-0.39, 0.29) is 38.9 Å². The van der Waals surface area contributed by atoms with Gasteiger partial charge in [-0.3, -0.25) is 19.0 Å². The highest BCUT2D eigenvalue weighted by Gasteiger charge is 2.25. The highest BCUT2D eigenvalue weighted by Crippen LogP contribution is 2.31. The monoisotopic (exact) mass is 538 g/mol. The Labute approximate surface area is 200 Å². The first-order valence-corrected chi connectivity index (χ1v) is 12.0. The summed E-state index contributed by atoms with van der Waals surface area (Å²) in [6.45, 7) is 4.14. The van der Waals surface area contributed by atoms with Crippen LogP contribution in [0, 0.1) is 18.6 Å². The predicted octanol–water partition coefficient (Wildman–Crippen LogP) is 4.46. The van der Waals surface area contributed by atoms with E-state index in [1.165, 1.54) is 10.9 Å². The molecule has 0 unspecified atom stereocenters. The van der Waals surface area contributed by atoms with E-state index < -0.39 is 23.1 Å². The SMILES string of the molecule is Cc1c(C(=O)Nc2c(F)cc(F)cc2Br)sc2ncn(CC(=O)N3CCCC[C@@H]3C)c(=O)c12. The average molecular weight is 539 g/mol. The first-order valence-electron chi connectivity index (χ1n) is 10.4. The molecule has 1 fully saturated rings. The number of piperidine rings is 1. The van der Waals surface area contributed by atoms with Crippen molar-refractivity contribution >= 4 is 55.0 Å². The number of benzene rings is 1. The Balaban J connectivity index is 1.63. The number of fused-ring (bicyclic) bond motifs is 1. The Morgan fingerprint density at radius 1 is 1.30 bits per heavy atom. The number of nitrogens with zero attached hydrogens (tertiary/aromatic N) is 3. The third-order valence-electron chi connectivity index (χ3n) is 5.80. The second-order valence-corrected chi connectivity index (χ2v) is 9.90. The second-order valence-electron chi connectivity index (χ2n) is 8.04. The van der Waals surface area contributed by atoms with Crippen LogP contribution in [-0.4, -0.2) is 38.9 Å². The lowest BCUT2D eigenvalue weighted by Gasteiger charge is -2.33. The molecule has 1 aromatic carbocycles. The molecule has 11 heteroatoms. The lowest BCUT2D eigenvalue weighted by Crippen LogP contribution is -2.44. The summed E-state index contributed by atoms with van der Waals surface area (Å²) in [5.41, 5.74) is -0.235. The third-order valence-corrected chi connectivity index (χ3v) is 7.62. The molecule has 4 rings (SSSR count). The minimum absolute atomic E-state index is 0.0537. The van der Waals surface area contributed by atoms with Crippen LogP contribution in [0.5, 0.6) is 0 Å². The van der Waals surface area contributed by atoms with Gasteiger partial charge in [0.1, 0.15) is 17.2 Å². The molecule has 174 valence electrons. The fourth-order valence-corrected chi connectivity index (χ4v) is 5.57. The second kappa shape index (κ2) is 9.30. The first-order chi connectivity index (χ1) is 15.7. The summed E-state index contributed by atoms with van der Waals surface area (Å²) in [6, 6.07) is 1.83. The van der Waals surface area contributed by atoms with Gasteiger partial charge in [0, 0.05) is 23.1 Å². The molecule has 1 aliphatic heterocycles. The van der Waals surface area contributed by atoms with Crippen molar-refractivity contribution in [1.29, 1.82) is 0 Å². The number of hydrogen-bond acceptors (Lipinski definition) is 5. The Morgan fingerprint density at radius 3 is 2.76 bits per heavy atom. The molecular weight excluding hydrogens is 518 g/mol. The molecule has 1 saturated heterocycles. The third kappa shape index (κ3) is 4.56. The van der Waals surface area contributed by atoms with Gasteiger partial charge in [-0.05, 0) is 60.7 Å². The molecule has 0 saturated carbocycles. The largest absolute Gasteiger partial charge is 0.338 e. The van der Waals surface area contributed by atoms with Crippen LogP contribution < -0.4 is 10.9 Å². The van der Waals surface area contributed by atoms with Crippen molar-refractivity contribution in [2.45, 2.75) is 45.7 Å². The number of nitrogens with one attached hydrogen (secondary N) is 1. The van der Waals surface area contributed by atoms with Gasteiger partial charge in [0.25, 0.3) is 11.5 Å². The van der Waals surface area contributed by atoms with Crippen LogP contribution in [0.15, 0.2) is 27.7 Å². The molecule has 2 aromatic heterocycles. The zero-order valence-corrected chi connectivity index (χ0v) is 20.4. The fraction of sp³-hybridized carbons (Fsp3) is 0.364. The summed E-state index contributed by atoms with van der Waals surface area (Å²) in [6.07, 6.45) is 4.26. The van der Waals surface area contributed by atoms with E-state index in [4.69, 9.17) is 0 Å². The molecule has 3 aromatic rings. The van der Waals surface area contributed by atoms with E-state index in [9.17, 15) is 23.2 Å². The van der Waals surface area contributed by atoms with Crippen molar-refractivity contribution < 1.29 is 18.4 Å². The maximum absolute atomic E-state index is 14.1. The van der Waals surface area contributed by atoms with Gasteiger partial charge >= 0.3 is 0 Å². The summed E-state index contributed by atoms with van der Waals surface area (Å²) in [7, 11) is 0. The zero-order valence-electron chi connectivity index (χ0n) is 18.0. The average Bonchev–Trinajstić information content (AvgIpc) is 3.10. The van der Waals surface area contributed by atoms with E-state index in [0.29, 0.717) is 23.0 Å². The van der Waals surface area contributed by atoms with Gasteiger partial charge in [0.15, 0.2) is 5.82 Å². The summed E-state index contributed by atoms with van der Waals surface area (Å²) >= 11 is 4.03. The van der Waals surface area contributed by atoms with Gasteiger partial charge in [0.05, 0.1) is 22.3 Å². The lowest BCUT2D eigenvalue weighted by molar-refractivity contribution is -0.135. The summed E-state index contributed by atoms with van der Waals surface area (Å²) < 4.78 is 28.8. The van der Waals surface area contributed by atoms with Gasteiger partial charge in [-0.15, -0.1) is 11.3 Å². The van der Waals surface area contributed by atoms with Crippen LogP contribution in [0.3, 0.4) is 0 Å².